The molecule has 0 radical (unpaired) electrons. The highest BCUT2D eigenvalue weighted by atomic mass is 32.2. The Labute approximate surface area is 154 Å². The van der Waals surface area contributed by atoms with E-state index in [4.69, 9.17) is 10.3 Å². The number of oxime groups is 1. The minimum atomic E-state index is -1.19. The summed E-state index contributed by atoms with van der Waals surface area (Å²) in [6, 6.07) is -0.883. The van der Waals surface area contributed by atoms with Gasteiger partial charge in [0.2, 0.25) is 5.13 Å². The number of hydrogen-bond donors (Lipinski definition) is 4. The molecule has 3 rings (SSSR count). The molecule has 1 aromatic rings. The summed E-state index contributed by atoms with van der Waals surface area (Å²) in [5.41, 5.74) is 1.75. The smallest absolute Gasteiger partial charge is 0.352 e. The van der Waals surface area contributed by atoms with Crippen molar-refractivity contribution in [2.45, 2.75) is 11.4 Å². The SMILES string of the molecule is CO/N=C(\C(=O)N[C@@H]1C(=O)N2C(C(=O)O)=CCS[C@H]12)c1csc(NO)n1. The number of aliphatic carboxylic acids is 1. The summed E-state index contributed by atoms with van der Waals surface area (Å²) in [5.74, 6) is -2.00. The molecule has 0 aliphatic carbocycles. The topological polar surface area (TPSA) is 153 Å². The van der Waals surface area contributed by atoms with Crippen molar-refractivity contribution in [2.75, 3.05) is 18.3 Å². The number of thioether (sulfide) groups is 1. The number of carbonyl (C=O) groups is 3. The molecule has 2 atom stereocenters. The van der Waals surface area contributed by atoms with E-state index >= 15 is 0 Å². The maximum Gasteiger partial charge on any atom is 0.352 e. The molecule has 0 aromatic carbocycles. The van der Waals surface area contributed by atoms with Crippen molar-refractivity contribution in [3.8, 4) is 0 Å². The minimum absolute atomic E-state index is 0.0896. The average Bonchev–Trinajstić information content (AvgIpc) is 3.11. The number of rotatable bonds is 6. The Bertz CT molecular complexity index is 822. The largest absolute Gasteiger partial charge is 0.477 e. The van der Waals surface area contributed by atoms with Gasteiger partial charge in [-0.25, -0.2) is 15.3 Å². The first-order valence-electron chi connectivity index (χ1n) is 7.14. The van der Waals surface area contributed by atoms with Crippen LogP contribution in [0.2, 0.25) is 0 Å². The van der Waals surface area contributed by atoms with Gasteiger partial charge in [0.05, 0.1) is 0 Å². The van der Waals surface area contributed by atoms with E-state index in [0.717, 1.165) is 16.2 Å². The van der Waals surface area contributed by atoms with E-state index in [-0.39, 0.29) is 22.2 Å². The number of carboxylic acids is 1. The summed E-state index contributed by atoms with van der Waals surface area (Å²) < 4.78 is 0. The third kappa shape index (κ3) is 3.11. The first-order valence-corrected chi connectivity index (χ1v) is 9.07. The van der Waals surface area contributed by atoms with Gasteiger partial charge >= 0.3 is 5.97 Å². The summed E-state index contributed by atoms with van der Waals surface area (Å²) in [4.78, 5) is 45.8. The summed E-state index contributed by atoms with van der Waals surface area (Å²) in [7, 11) is 1.25. The molecular weight excluding hydrogens is 386 g/mol. The van der Waals surface area contributed by atoms with Gasteiger partial charge in [0.15, 0.2) is 5.71 Å². The highest BCUT2D eigenvalue weighted by molar-refractivity contribution is 8.00. The zero-order valence-corrected chi connectivity index (χ0v) is 14.8. The molecule has 2 aliphatic heterocycles. The maximum absolute atomic E-state index is 12.5. The zero-order valence-electron chi connectivity index (χ0n) is 13.2. The summed E-state index contributed by atoms with van der Waals surface area (Å²) in [6.07, 6.45) is 1.45. The van der Waals surface area contributed by atoms with Crippen LogP contribution in [0, 0.1) is 0 Å². The van der Waals surface area contributed by atoms with Crippen LogP contribution in [0.3, 0.4) is 0 Å². The molecule has 2 amide bonds. The lowest BCUT2D eigenvalue weighted by atomic mass is 10.0. The second-order valence-electron chi connectivity index (χ2n) is 5.05. The molecule has 1 fully saturated rings. The van der Waals surface area contributed by atoms with Gasteiger partial charge in [0.1, 0.15) is 29.9 Å². The summed E-state index contributed by atoms with van der Waals surface area (Å²) in [5, 5.41) is 25.3. The van der Waals surface area contributed by atoms with Crippen LogP contribution in [0.15, 0.2) is 22.3 Å². The molecule has 138 valence electrons. The molecule has 0 bridgehead atoms. The van der Waals surface area contributed by atoms with Crippen molar-refractivity contribution in [3.63, 3.8) is 0 Å². The Morgan fingerprint density at radius 3 is 2.88 bits per heavy atom. The second-order valence-corrected chi connectivity index (χ2v) is 7.06. The first kappa shape index (κ1) is 18.2. The normalized spacial score (nSPS) is 22.1. The van der Waals surface area contributed by atoms with Gasteiger partial charge < -0.3 is 15.3 Å². The van der Waals surface area contributed by atoms with E-state index in [1.807, 2.05) is 5.48 Å². The monoisotopic (exact) mass is 399 g/mol. The summed E-state index contributed by atoms with van der Waals surface area (Å²) in [6.45, 7) is 0. The third-order valence-electron chi connectivity index (χ3n) is 3.59. The average molecular weight is 399 g/mol. The molecule has 4 N–H and O–H groups in total. The quantitative estimate of drug-likeness (QED) is 0.286. The van der Waals surface area contributed by atoms with E-state index < -0.39 is 29.2 Å². The second kappa shape index (κ2) is 7.31. The van der Waals surface area contributed by atoms with Crippen LogP contribution >= 0.6 is 23.1 Å². The van der Waals surface area contributed by atoms with Gasteiger partial charge in [-0.1, -0.05) is 5.16 Å². The number of nitrogens with one attached hydrogen (secondary N) is 2. The molecule has 0 unspecified atom stereocenters. The third-order valence-corrected chi connectivity index (χ3v) is 5.52. The van der Waals surface area contributed by atoms with Crippen LogP contribution < -0.4 is 10.8 Å². The van der Waals surface area contributed by atoms with E-state index in [1.165, 1.54) is 30.3 Å². The van der Waals surface area contributed by atoms with Crippen LogP contribution in [-0.2, 0) is 19.2 Å². The van der Waals surface area contributed by atoms with Crippen molar-refractivity contribution in [1.82, 2.24) is 15.2 Å². The van der Waals surface area contributed by atoms with E-state index in [1.54, 1.807) is 0 Å². The lowest BCUT2D eigenvalue weighted by molar-refractivity contribution is -0.150. The first-order chi connectivity index (χ1) is 12.5. The van der Waals surface area contributed by atoms with E-state index in [9.17, 15) is 14.4 Å². The van der Waals surface area contributed by atoms with E-state index in [0.29, 0.717) is 5.75 Å². The fourth-order valence-electron chi connectivity index (χ4n) is 2.48. The number of anilines is 1. The number of amides is 2. The number of thiazole rings is 1. The number of aromatic nitrogens is 1. The Morgan fingerprint density at radius 1 is 1.50 bits per heavy atom. The maximum atomic E-state index is 12.5. The van der Waals surface area contributed by atoms with Gasteiger partial charge in [-0.3, -0.25) is 19.7 Å². The van der Waals surface area contributed by atoms with Crippen LogP contribution in [-0.4, -0.2) is 68.0 Å². The number of carbonyl (C=O) groups excluding carboxylic acids is 2. The molecule has 3 heterocycles. The predicted molar refractivity (Wildman–Crippen MR) is 91.8 cm³/mol. The van der Waals surface area contributed by atoms with Gasteiger partial charge in [0, 0.05) is 11.1 Å². The fourth-order valence-corrected chi connectivity index (χ4v) is 4.26. The molecule has 13 heteroatoms. The number of β-lactam (4-membered cyclic amide) rings is 1. The molecule has 0 spiro atoms. The number of carboxylic acid groups (broad SMARTS) is 1. The number of fused-ring (bicyclic) bond motifs is 1. The molecule has 1 aromatic heterocycles. The van der Waals surface area contributed by atoms with Crippen molar-refractivity contribution in [2.24, 2.45) is 5.16 Å². The van der Waals surface area contributed by atoms with Crippen molar-refractivity contribution >= 4 is 51.7 Å². The Kier molecular flexibility index (Phi) is 5.11. The summed E-state index contributed by atoms with van der Waals surface area (Å²) >= 11 is 2.38. The molecule has 1 saturated heterocycles. The van der Waals surface area contributed by atoms with Gasteiger partial charge in [-0.2, -0.15) is 0 Å². The molecule has 26 heavy (non-hydrogen) atoms. The molecular formula is C13H13N5O6S2. The van der Waals surface area contributed by atoms with E-state index in [2.05, 4.69) is 20.3 Å². The van der Waals surface area contributed by atoms with Crippen LogP contribution in [0.25, 0.3) is 0 Å². The molecule has 0 saturated carbocycles. The Balaban J connectivity index is 1.75. The number of nitrogens with zero attached hydrogens (tertiary/aromatic N) is 3. The molecule has 2 aliphatic rings. The van der Waals surface area contributed by atoms with Crippen LogP contribution in [0.5, 0.6) is 0 Å². The lowest BCUT2D eigenvalue weighted by Crippen LogP contribution is -2.70. The lowest BCUT2D eigenvalue weighted by Gasteiger charge is -2.48. The Morgan fingerprint density at radius 2 is 2.27 bits per heavy atom. The van der Waals surface area contributed by atoms with Crippen molar-refractivity contribution in [3.05, 3.63) is 22.8 Å². The van der Waals surface area contributed by atoms with Crippen LogP contribution in [0.1, 0.15) is 5.69 Å². The highest BCUT2D eigenvalue weighted by Gasteiger charge is 2.53. The fraction of sp³-hybridized carbons (Fsp3) is 0.308. The van der Waals surface area contributed by atoms with Crippen LogP contribution in [0.4, 0.5) is 5.13 Å². The van der Waals surface area contributed by atoms with Crippen molar-refractivity contribution < 1.29 is 29.5 Å². The standard InChI is InChI=1S/C13H13N5O6S2/c1-24-17-7(5-4-26-13(14-5)16-23)9(19)15-8-10(20)18-6(12(21)22)2-3-25-11(8)18/h2,4,8,11,23H,3H2,1H3,(H,14,16)(H,15,19)(H,21,22)/b17-7-/t8-,11-/m1/s1. The molecule has 11 nitrogen and oxygen atoms in total. The van der Waals surface area contributed by atoms with Crippen molar-refractivity contribution in [1.29, 1.82) is 0 Å². The predicted octanol–water partition coefficient (Wildman–Crippen LogP) is -0.337. The van der Waals surface area contributed by atoms with Gasteiger partial charge in [0.25, 0.3) is 11.8 Å². The van der Waals surface area contributed by atoms with Gasteiger partial charge in [-0.15, -0.1) is 23.1 Å². The zero-order chi connectivity index (χ0) is 18.8. The number of hydrogen-bond acceptors (Lipinski definition) is 10. The van der Waals surface area contributed by atoms with Gasteiger partial charge in [-0.05, 0) is 6.08 Å². The Hall–Kier alpha value is -2.64. The minimum Gasteiger partial charge on any atom is -0.477 e. The highest BCUT2D eigenvalue weighted by Crippen LogP contribution is 2.37.